The first kappa shape index (κ1) is 13.9. The number of rotatable bonds is 6. The lowest BCUT2D eigenvalue weighted by molar-refractivity contribution is -0.0392. The zero-order chi connectivity index (χ0) is 13.8. The van der Waals surface area contributed by atoms with Gasteiger partial charge < -0.3 is 14.6 Å². The van der Waals surface area contributed by atoms with Crippen LogP contribution in [0.1, 0.15) is 12.8 Å². The summed E-state index contributed by atoms with van der Waals surface area (Å²) in [6, 6.07) is 10.1. The van der Waals surface area contributed by atoms with E-state index in [9.17, 15) is 5.11 Å². The topological polar surface area (TPSA) is 41.9 Å². The van der Waals surface area contributed by atoms with Crippen LogP contribution in [-0.4, -0.2) is 55.1 Å². The normalized spacial score (nSPS) is 25.4. The molecule has 1 aliphatic carbocycles. The highest BCUT2D eigenvalue weighted by Crippen LogP contribution is 2.36. The highest BCUT2D eigenvalue weighted by atomic mass is 16.5. The fraction of sp³-hybridized carbons (Fsp3) is 0.625. The van der Waals surface area contributed by atoms with Crippen molar-refractivity contribution in [2.45, 2.75) is 25.0 Å². The molecule has 1 aromatic carbocycles. The van der Waals surface area contributed by atoms with Crippen LogP contribution in [0, 0.1) is 5.92 Å². The number of β-amino-alcohol motifs (C(OH)–C–C–N with tert-alkyl or cyclic N) is 1. The van der Waals surface area contributed by atoms with E-state index in [4.69, 9.17) is 9.47 Å². The third kappa shape index (κ3) is 3.72. The SMILES string of the molecule is O[C@@H](COc1ccccc1)CN1CCOC[C@H]1C1CC1. The average molecular weight is 277 g/mol. The molecule has 0 radical (unpaired) electrons. The molecule has 2 aliphatic rings. The molecule has 4 heteroatoms. The minimum Gasteiger partial charge on any atom is -0.491 e. The zero-order valence-corrected chi connectivity index (χ0v) is 11.8. The quantitative estimate of drug-likeness (QED) is 0.856. The maximum atomic E-state index is 10.2. The van der Waals surface area contributed by atoms with E-state index in [2.05, 4.69) is 4.90 Å². The second-order valence-electron chi connectivity index (χ2n) is 5.75. The van der Waals surface area contributed by atoms with Crippen LogP contribution in [0.25, 0.3) is 0 Å². The van der Waals surface area contributed by atoms with Crippen LogP contribution in [-0.2, 0) is 4.74 Å². The summed E-state index contributed by atoms with van der Waals surface area (Å²) in [4.78, 5) is 2.38. The van der Waals surface area contributed by atoms with Gasteiger partial charge in [-0.2, -0.15) is 0 Å². The molecule has 1 aromatic rings. The minimum atomic E-state index is -0.449. The number of hydrogen-bond acceptors (Lipinski definition) is 4. The van der Waals surface area contributed by atoms with Crippen molar-refractivity contribution in [1.29, 1.82) is 0 Å². The second kappa shape index (κ2) is 6.57. The number of para-hydroxylation sites is 1. The fourth-order valence-electron chi connectivity index (χ4n) is 2.83. The van der Waals surface area contributed by atoms with Gasteiger partial charge in [0.2, 0.25) is 0 Å². The predicted molar refractivity (Wildman–Crippen MR) is 76.8 cm³/mol. The monoisotopic (exact) mass is 277 g/mol. The first-order chi connectivity index (χ1) is 9.83. The molecule has 1 saturated heterocycles. The molecular weight excluding hydrogens is 254 g/mol. The van der Waals surface area contributed by atoms with Gasteiger partial charge in [0.25, 0.3) is 0 Å². The number of hydrogen-bond donors (Lipinski definition) is 1. The number of aliphatic hydroxyl groups is 1. The fourth-order valence-corrected chi connectivity index (χ4v) is 2.83. The lowest BCUT2D eigenvalue weighted by atomic mass is 10.1. The molecule has 0 bridgehead atoms. The molecule has 1 aliphatic heterocycles. The third-order valence-electron chi connectivity index (χ3n) is 4.08. The van der Waals surface area contributed by atoms with Gasteiger partial charge in [0, 0.05) is 19.1 Å². The number of morpholine rings is 1. The number of aliphatic hydroxyl groups excluding tert-OH is 1. The first-order valence-electron chi connectivity index (χ1n) is 7.50. The van der Waals surface area contributed by atoms with E-state index in [0.29, 0.717) is 19.2 Å². The Balaban J connectivity index is 1.46. The summed E-state index contributed by atoms with van der Waals surface area (Å²) < 4.78 is 11.2. The number of ether oxygens (including phenoxy) is 2. The van der Waals surface area contributed by atoms with Crippen molar-refractivity contribution in [3.63, 3.8) is 0 Å². The third-order valence-corrected chi connectivity index (χ3v) is 4.08. The Bertz CT molecular complexity index is 407. The molecule has 0 aromatic heterocycles. The van der Waals surface area contributed by atoms with E-state index in [-0.39, 0.29) is 0 Å². The van der Waals surface area contributed by atoms with Crippen molar-refractivity contribution in [3.05, 3.63) is 30.3 Å². The van der Waals surface area contributed by atoms with Gasteiger partial charge in [0.1, 0.15) is 18.5 Å². The van der Waals surface area contributed by atoms with Crippen LogP contribution in [0.15, 0.2) is 30.3 Å². The zero-order valence-electron chi connectivity index (χ0n) is 11.8. The number of nitrogens with zero attached hydrogens (tertiary/aromatic N) is 1. The summed E-state index contributed by atoms with van der Waals surface area (Å²) in [7, 11) is 0. The highest BCUT2D eigenvalue weighted by Gasteiger charge is 2.37. The lowest BCUT2D eigenvalue weighted by Crippen LogP contribution is -2.50. The molecule has 4 nitrogen and oxygen atoms in total. The lowest BCUT2D eigenvalue weighted by Gasteiger charge is -2.36. The Kier molecular flexibility index (Phi) is 4.55. The standard InChI is InChI=1S/C16H23NO3/c18-14(11-20-15-4-2-1-3-5-15)10-17-8-9-19-12-16(17)13-6-7-13/h1-5,13-14,16,18H,6-12H2/t14-,16+/m1/s1. The van der Waals surface area contributed by atoms with Gasteiger partial charge in [0.15, 0.2) is 0 Å². The molecule has 110 valence electrons. The van der Waals surface area contributed by atoms with Gasteiger partial charge in [-0.3, -0.25) is 4.90 Å². The van der Waals surface area contributed by atoms with Crippen molar-refractivity contribution in [2.75, 3.05) is 32.9 Å². The minimum absolute atomic E-state index is 0.346. The summed E-state index contributed by atoms with van der Waals surface area (Å²) >= 11 is 0. The Hall–Kier alpha value is -1.10. The molecule has 2 fully saturated rings. The van der Waals surface area contributed by atoms with Crippen LogP contribution in [0.4, 0.5) is 0 Å². The van der Waals surface area contributed by atoms with Crippen LogP contribution in [0.5, 0.6) is 5.75 Å². The van der Waals surface area contributed by atoms with Crippen molar-refractivity contribution in [2.24, 2.45) is 5.92 Å². The second-order valence-corrected chi connectivity index (χ2v) is 5.75. The molecule has 0 unspecified atom stereocenters. The first-order valence-corrected chi connectivity index (χ1v) is 7.50. The van der Waals surface area contributed by atoms with Gasteiger partial charge in [-0.15, -0.1) is 0 Å². The van der Waals surface area contributed by atoms with Crippen molar-refractivity contribution < 1.29 is 14.6 Å². The smallest absolute Gasteiger partial charge is 0.119 e. The van der Waals surface area contributed by atoms with Crippen LogP contribution >= 0.6 is 0 Å². The van der Waals surface area contributed by atoms with Gasteiger partial charge in [-0.05, 0) is 30.9 Å². The van der Waals surface area contributed by atoms with Gasteiger partial charge in [-0.25, -0.2) is 0 Å². The maximum Gasteiger partial charge on any atom is 0.119 e. The Morgan fingerprint density at radius 3 is 2.85 bits per heavy atom. The molecular formula is C16H23NO3. The van der Waals surface area contributed by atoms with Gasteiger partial charge in [-0.1, -0.05) is 18.2 Å². The molecule has 0 amide bonds. The van der Waals surface area contributed by atoms with Crippen molar-refractivity contribution in [1.82, 2.24) is 4.90 Å². The molecule has 1 saturated carbocycles. The van der Waals surface area contributed by atoms with Crippen LogP contribution in [0.3, 0.4) is 0 Å². The highest BCUT2D eigenvalue weighted by molar-refractivity contribution is 5.20. The van der Waals surface area contributed by atoms with E-state index in [1.807, 2.05) is 30.3 Å². The van der Waals surface area contributed by atoms with Gasteiger partial charge in [0.05, 0.1) is 13.2 Å². The molecule has 1 N–H and O–H groups in total. The molecule has 3 rings (SSSR count). The van der Waals surface area contributed by atoms with E-state index in [1.165, 1.54) is 12.8 Å². The van der Waals surface area contributed by atoms with E-state index >= 15 is 0 Å². The molecule has 20 heavy (non-hydrogen) atoms. The summed E-state index contributed by atoms with van der Waals surface area (Å²) in [6.07, 6.45) is 2.16. The van der Waals surface area contributed by atoms with E-state index in [1.54, 1.807) is 0 Å². The molecule has 1 heterocycles. The van der Waals surface area contributed by atoms with E-state index < -0.39 is 6.10 Å². The maximum absolute atomic E-state index is 10.2. The summed E-state index contributed by atoms with van der Waals surface area (Å²) in [6.45, 7) is 3.53. The Morgan fingerprint density at radius 1 is 1.30 bits per heavy atom. The molecule has 0 spiro atoms. The predicted octanol–water partition coefficient (Wildman–Crippen LogP) is 1.54. The Labute approximate surface area is 120 Å². The number of benzene rings is 1. The largest absolute Gasteiger partial charge is 0.491 e. The molecule has 2 atom stereocenters. The summed E-state index contributed by atoms with van der Waals surface area (Å²) in [5, 5.41) is 10.2. The van der Waals surface area contributed by atoms with Crippen LogP contribution < -0.4 is 4.74 Å². The summed E-state index contributed by atoms with van der Waals surface area (Å²) in [5.41, 5.74) is 0. The van der Waals surface area contributed by atoms with Crippen molar-refractivity contribution >= 4 is 0 Å². The summed E-state index contributed by atoms with van der Waals surface area (Å²) in [5.74, 6) is 1.59. The van der Waals surface area contributed by atoms with E-state index in [0.717, 1.165) is 31.4 Å². The average Bonchev–Trinajstić information content (AvgIpc) is 3.31. The van der Waals surface area contributed by atoms with Gasteiger partial charge >= 0.3 is 0 Å². The van der Waals surface area contributed by atoms with Crippen LogP contribution in [0.2, 0.25) is 0 Å². The van der Waals surface area contributed by atoms with Crippen molar-refractivity contribution in [3.8, 4) is 5.75 Å². The Morgan fingerprint density at radius 2 is 2.10 bits per heavy atom.